The van der Waals surface area contributed by atoms with E-state index < -0.39 is 17.7 Å². The maximum atomic E-state index is 13.4. The van der Waals surface area contributed by atoms with Crippen molar-refractivity contribution in [3.05, 3.63) is 58.1 Å². The van der Waals surface area contributed by atoms with Gasteiger partial charge in [-0.15, -0.1) is 0 Å². The van der Waals surface area contributed by atoms with Gasteiger partial charge in [-0.2, -0.15) is 0 Å². The predicted octanol–water partition coefficient (Wildman–Crippen LogP) is 5.55. The van der Waals surface area contributed by atoms with E-state index >= 15 is 0 Å². The van der Waals surface area contributed by atoms with Crippen LogP contribution in [0.4, 0.5) is 8.78 Å². The smallest absolute Gasteiger partial charge is 0.258 e. The number of carbonyl (C=O) groups is 1. The van der Waals surface area contributed by atoms with Crippen molar-refractivity contribution < 1.29 is 28.2 Å². The Balaban J connectivity index is 1.29. The molecule has 0 heterocycles. The predicted molar refractivity (Wildman–Crippen MR) is 123 cm³/mol. The van der Waals surface area contributed by atoms with E-state index in [1.165, 1.54) is 24.3 Å². The van der Waals surface area contributed by atoms with Crippen molar-refractivity contribution in [1.82, 2.24) is 5.32 Å². The second kappa shape index (κ2) is 12.4. The minimum absolute atomic E-state index is 0.000511. The zero-order valence-electron chi connectivity index (χ0n) is 18.0. The first kappa shape index (κ1) is 25.5. The number of ether oxygens (including phenoxy) is 2. The van der Waals surface area contributed by atoms with Crippen LogP contribution < -0.4 is 14.8 Å². The fourth-order valence-corrected chi connectivity index (χ4v) is 4.09. The lowest BCUT2D eigenvalue weighted by atomic mass is 9.83. The van der Waals surface area contributed by atoms with Gasteiger partial charge in [0.15, 0.2) is 6.61 Å². The Morgan fingerprint density at radius 3 is 2.15 bits per heavy atom. The SMILES string of the molecule is O=C(COc1ccc(Cl)c(F)c1)NC1CCC(CCC(O)COc2ccc(Cl)c(F)c2)CC1. The molecule has 0 bridgehead atoms. The van der Waals surface area contributed by atoms with Crippen molar-refractivity contribution in [3.8, 4) is 11.5 Å². The monoisotopic (exact) mass is 501 g/mol. The van der Waals surface area contributed by atoms with Crippen molar-refractivity contribution in [2.75, 3.05) is 13.2 Å². The van der Waals surface area contributed by atoms with Gasteiger partial charge in [0.25, 0.3) is 5.91 Å². The summed E-state index contributed by atoms with van der Waals surface area (Å²) in [7, 11) is 0. The highest BCUT2D eigenvalue weighted by atomic mass is 35.5. The van der Waals surface area contributed by atoms with Gasteiger partial charge in [0.2, 0.25) is 0 Å². The lowest BCUT2D eigenvalue weighted by Gasteiger charge is -2.29. The third-order valence-electron chi connectivity index (χ3n) is 5.71. The lowest BCUT2D eigenvalue weighted by Crippen LogP contribution is -2.40. The molecule has 1 aliphatic carbocycles. The van der Waals surface area contributed by atoms with Crippen LogP contribution in [-0.2, 0) is 4.79 Å². The number of aliphatic hydroxyl groups is 1. The zero-order valence-corrected chi connectivity index (χ0v) is 19.5. The maximum absolute atomic E-state index is 13.4. The number of benzene rings is 2. The van der Waals surface area contributed by atoms with E-state index in [1.807, 2.05) is 0 Å². The summed E-state index contributed by atoms with van der Waals surface area (Å²) in [6.07, 6.45) is 4.39. The topological polar surface area (TPSA) is 67.8 Å². The molecule has 0 aromatic heterocycles. The number of carbonyl (C=O) groups excluding carboxylic acids is 1. The molecule has 1 fully saturated rings. The van der Waals surface area contributed by atoms with Crippen LogP contribution in [0.1, 0.15) is 38.5 Å². The van der Waals surface area contributed by atoms with E-state index in [0.29, 0.717) is 18.1 Å². The van der Waals surface area contributed by atoms with Gasteiger partial charge >= 0.3 is 0 Å². The van der Waals surface area contributed by atoms with Crippen LogP contribution >= 0.6 is 23.2 Å². The third kappa shape index (κ3) is 8.32. The van der Waals surface area contributed by atoms with Gasteiger partial charge in [-0.3, -0.25) is 4.79 Å². The van der Waals surface area contributed by atoms with Crippen LogP contribution in [0.2, 0.25) is 10.0 Å². The molecule has 2 N–H and O–H groups in total. The number of hydrogen-bond donors (Lipinski definition) is 2. The van der Waals surface area contributed by atoms with Crippen LogP contribution in [0.3, 0.4) is 0 Å². The van der Waals surface area contributed by atoms with Crippen LogP contribution in [0, 0.1) is 17.6 Å². The summed E-state index contributed by atoms with van der Waals surface area (Å²) in [6.45, 7) is -0.102. The van der Waals surface area contributed by atoms with E-state index in [-0.39, 0.29) is 41.0 Å². The molecule has 0 spiro atoms. The van der Waals surface area contributed by atoms with Gasteiger partial charge in [-0.05, 0) is 68.7 Å². The summed E-state index contributed by atoms with van der Waals surface area (Å²) >= 11 is 11.3. The highest BCUT2D eigenvalue weighted by molar-refractivity contribution is 6.31. The molecule has 2 aromatic rings. The summed E-state index contributed by atoms with van der Waals surface area (Å²) in [5.74, 6) is -0.354. The average Bonchev–Trinajstić information content (AvgIpc) is 2.80. The fourth-order valence-electron chi connectivity index (χ4n) is 3.85. The van der Waals surface area contributed by atoms with Crippen LogP contribution in [0.15, 0.2) is 36.4 Å². The molecule has 0 saturated heterocycles. The van der Waals surface area contributed by atoms with Crippen LogP contribution in [0.5, 0.6) is 11.5 Å². The highest BCUT2D eigenvalue weighted by Gasteiger charge is 2.23. The van der Waals surface area contributed by atoms with Crippen molar-refractivity contribution in [2.24, 2.45) is 5.92 Å². The molecule has 5 nitrogen and oxygen atoms in total. The van der Waals surface area contributed by atoms with Crippen LogP contribution in [0.25, 0.3) is 0 Å². The molecule has 1 saturated carbocycles. The quantitative estimate of drug-likeness (QED) is 0.448. The van der Waals surface area contributed by atoms with Gasteiger partial charge < -0.3 is 19.9 Å². The Morgan fingerprint density at radius 2 is 1.58 bits per heavy atom. The first-order chi connectivity index (χ1) is 15.8. The largest absolute Gasteiger partial charge is 0.491 e. The van der Waals surface area contributed by atoms with Crippen molar-refractivity contribution in [2.45, 2.75) is 50.7 Å². The Morgan fingerprint density at radius 1 is 1.00 bits per heavy atom. The summed E-state index contributed by atoms with van der Waals surface area (Å²) in [4.78, 5) is 12.1. The number of halogens is 4. The Hall–Kier alpha value is -2.09. The number of amides is 1. The summed E-state index contributed by atoms with van der Waals surface area (Å²) < 4.78 is 37.6. The molecular weight excluding hydrogens is 475 g/mol. The maximum Gasteiger partial charge on any atom is 0.258 e. The standard InChI is InChI=1S/C24H27Cl2F2NO4/c25-20-9-7-18(11-22(20)27)32-13-17(30)6-3-15-1-4-16(5-2-15)29-24(31)14-33-19-8-10-21(26)23(28)12-19/h7-12,15-17,30H,1-6,13-14H2,(H,29,31). The number of aliphatic hydroxyl groups excluding tert-OH is 1. The normalized spacial score (nSPS) is 19.1. The molecule has 1 aliphatic rings. The Labute approximate surface area is 202 Å². The second-order valence-electron chi connectivity index (χ2n) is 8.27. The molecule has 1 atom stereocenters. The van der Waals surface area contributed by atoms with E-state index in [4.69, 9.17) is 32.7 Å². The molecule has 0 aliphatic heterocycles. The van der Waals surface area contributed by atoms with Crippen molar-refractivity contribution in [3.63, 3.8) is 0 Å². The van der Waals surface area contributed by atoms with E-state index in [9.17, 15) is 18.7 Å². The minimum atomic E-state index is -0.643. The van der Waals surface area contributed by atoms with Gasteiger partial charge in [0, 0.05) is 18.2 Å². The molecule has 180 valence electrons. The summed E-state index contributed by atoms with van der Waals surface area (Å²) in [6, 6.07) is 8.29. The van der Waals surface area contributed by atoms with Gasteiger partial charge in [0.05, 0.1) is 16.1 Å². The molecule has 9 heteroatoms. The van der Waals surface area contributed by atoms with Crippen LogP contribution in [-0.4, -0.2) is 36.4 Å². The third-order valence-corrected chi connectivity index (χ3v) is 6.33. The molecular formula is C24H27Cl2F2NO4. The molecule has 33 heavy (non-hydrogen) atoms. The van der Waals surface area contributed by atoms with Gasteiger partial charge in [0.1, 0.15) is 29.7 Å². The van der Waals surface area contributed by atoms with Crippen molar-refractivity contribution in [1.29, 1.82) is 0 Å². The number of rotatable bonds is 10. The second-order valence-corrected chi connectivity index (χ2v) is 9.08. The average molecular weight is 502 g/mol. The van der Waals surface area contributed by atoms with E-state index in [2.05, 4.69) is 5.32 Å². The molecule has 1 unspecified atom stereocenters. The first-order valence-electron chi connectivity index (χ1n) is 10.9. The van der Waals surface area contributed by atoms with Gasteiger partial charge in [-0.25, -0.2) is 8.78 Å². The van der Waals surface area contributed by atoms with E-state index in [1.54, 1.807) is 6.07 Å². The lowest BCUT2D eigenvalue weighted by molar-refractivity contribution is -0.124. The zero-order chi connectivity index (χ0) is 23.8. The van der Waals surface area contributed by atoms with E-state index in [0.717, 1.165) is 38.2 Å². The number of hydrogen-bond acceptors (Lipinski definition) is 4. The van der Waals surface area contributed by atoms with Gasteiger partial charge in [-0.1, -0.05) is 23.2 Å². The fraction of sp³-hybridized carbons (Fsp3) is 0.458. The molecule has 1 amide bonds. The molecule has 2 aromatic carbocycles. The summed E-state index contributed by atoms with van der Waals surface area (Å²) in [5.41, 5.74) is 0. The first-order valence-corrected chi connectivity index (χ1v) is 11.7. The minimum Gasteiger partial charge on any atom is -0.491 e. The molecule has 0 radical (unpaired) electrons. The molecule has 3 rings (SSSR count). The highest BCUT2D eigenvalue weighted by Crippen LogP contribution is 2.29. The van der Waals surface area contributed by atoms with Crippen molar-refractivity contribution >= 4 is 29.1 Å². The number of nitrogens with one attached hydrogen (secondary N) is 1. The Bertz CT molecular complexity index is 939. The Kier molecular flexibility index (Phi) is 9.59. The summed E-state index contributed by atoms with van der Waals surface area (Å²) in [5, 5.41) is 13.2.